The minimum absolute atomic E-state index is 0.0866. The van der Waals surface area contributed by atoms with E-state index in [0.717, 1.165) is 22.5 Å². The van der Waals surface area contributed by atoms with E-state index in [-0.39, 0.29) is 5.91 Å². The van der Waals surface area contributed by atoms with E-state index in [1.165, 1.54) is 0 Å². The molecule has 0 aliphatic carbocycles. The first-order valence-electron chi connectivity index (χ1n) is 7.26. The van der Waals surface area contributed by atoms with E-state index in [1.807, 2.05) is 85.4 Å². The molecule has 0 aliphatic rings. The monoisotopic (exact) mass is 290 g/mol. The molecule has 0 fully saturated rings. The first-order valence-corrected chi connectivity index (χ1v) is 7.26. The number of hydrogen-bond donors (Lipinski definition) is 1. The Kier molecular flexibility index (Phi) is 3.79. The zero-order valence-electron chi connectivity index (χ0n) is 12.7. The molecule has 0 saturated carbocycles. The molecule has 3 aromatic rings. The fourth-order valence-electron chi connectivity index (χ4n) is 2.49. The van der Waals surface area contributed by atoms with Crippen molar-refractivity contribution in [1.29, 1.82) is 0 Å². The number of para-hydroxylation sites is 1. The molecule has 0 saturated heterocycles. The van der Waals surface area contributed by atoms with Crippen molar-refractivity contribution < 1.29 is 4.79 Å². The molecule has 1 aromatic heterocycles. The lowest BCUT2D eigenvalue weighted by Crippen LogP contribution is -2.13. The van der Waals surface area contributed by atoms with E-state index < -0.39 is 0 Å². The summed E-state index contributed by atoms with van der Waals surface area (Å²) in [6.45, 7) is 4.00. The Labute approximate surface area is 130 Å². The number of carbonyl (C=O) groups excluding carboxylic acids is 1. The van der Waals surface area contributed by atoms with Crippen LogP contribution in [0.1, 0.15) is 21.5 Å². The van der Waals surface area contributed by atoms with Crippen molar-refractivity contribution in [3.63, 3.8) is 0 Å². The summed E-state index contributed by atoms with van der Waals surface area (Å²) in [4.78, 5) is 12.4. The minimum Gasteiger partial charge on any atom is -0.324 e. The number of nitrogens with one attached hydrogen (secondary N) is 1. The first kappa shape index (κ1) is 14.1. The predicted octanol–water partition coefficient (Wildman–Crippen LogP) is 4.35. The number of nitrogens with zero attached hydrogens (tertiary/aromatic N) is 1. The van der Waals surface area contributed by atoms with Gasteiger partial charge in [-0.05, 0) is 61.4 Å². The number of carbonyl (C=O) groups is 1. The summed E-state index contributed by atoms with van der Waals surface area (Å²) in [7, 11) is 0. The molecule has 1 N–H and O–H groups in total. The summed E-state index contributed by atoms with van der Waals surface area (Å²) in [5.74, 6) is -0.0866. The molecule has 1 heterocycles. The van der Waals surface area contributed by atoms with E-state index in [4.69, 9.17) is 0 Å². The highest BCUT2D eigenvalue weighted by atomic mass is 16.1. The lowest BCUT2D eigenvalue weighted by atomic mass is 10.1. The topological polar surface area (TPSA) is 34.0 Å². The molecule has 2 aromatic carbocycles. The highest BCUT2D eigenvalue weighted by Crippen LogP contribution is 2.20. The summed E-state index contributed by atoms with van der Waals surface area (Å²) in [6, 6.07) is 17.5. The van der Waals surface area contributed by atoms with Gasteiger partial charge in [0.25, 0.3) is 5.91 Å². The van der Waals surface area contributed by atoms with Crippen molar-refractivity contribution in [2.75, 3.05) is 5.32 Å². The molecule has 3 rings (SSSR count). The van der Waals surface area contributed by atoms with Gasteiger partial charge < -0.3 is 9.88 Å². The van der Waals surface area contributed by atoms with Gasteiger partial charge in [-0.25, -0.2) is 0 Å². The maximum Gasteiger partial charge on any atom is 0.255 e. The number of aromatic nitrogens is 1. The van der Waals surface area contributed by atoms with Crippen molar-refractivity contribution in [3.8, 4) is 5.69 Å². The fraction of sp³-hybridized carbons (Fsp3) is 0.105. The van der Waals surface area contributed by atoms with Crippen LogP contribution >= 0.6 is 0 Å². The lowest BCUT2D eigenvalue weighted by molar-refractivity contribution is 0.102. The predicted molar refractivity (Wildman–Crippen MR) is 89.6 cm³/mol. The highest BCUT2D eigenvalue weighted by Gasteiger charge is 2.09. The van der Waals surface area contributed by atoms with Crippen LogP contribution in [0.25, 0.3) is 5.69 Å². The minimum atomic E-state index is -0.0866. The molecule has 0 radical (unpaired) electrons. The van der Waals surface area contributed by atoms with Crippen LogP contribution in [0.3, 0.4) is 0 Å². The molecule has 22 heavy (non-hydrogen) atoms. The number of amides is 1. The average Bonchev–Trinajstić information content (AvgIpc) is 3.05. The van der Waals surface area contributed by atoms with Gasteiger partial charge in [-0.1, -0.05) is 18.2 Å². The third kappa shape index (κ3) is 2.79. The van der Waals surface area contributed by atoms with Gasteiger partial charge in [0, 0.05) is 29.3 Å². The fourth-order valence-corrected chi connectivity index (χ4v) is 2.49. The summed E-state index contributed by atoms with van der Waals surface area (Å²) < 4.78 is 2.01. The summed E-state index contributed by atoms with van der Waals surface area (Å²) in [5, 5.41) is 3.00. The second-order valence-corrected chi connectivity index (χ2v) is 5.36. The summed E-state index contributed by atoms with van der Waals surface area (Å²) in [5.41, 5.74) is 4.71. The van der Waals surface area contributed by atoms with Crippen LogP contribution in [-0.2, 0) is 0 Å². The van der Waals surface area contributed by atoms with Crippen LogP contribution in [0, 0.1) is 13.8 Å². The van der Waals surface area contributed by atoms with Crippen LogP contribution in [0.5, 0.6) is 0 Å². The molecule has 0 aliphatic heterocycles. The van der Waals surface area contributed by atoms with Gasteiger partial charge in [0.15, 0.2) is 0 Å². The third-order valence-electron chi connectivity index (χ3n) is 3.75. The van der Waals surface area contributed by atoms with Crippen LogP contribution in [0.4, 0.5) is 5.69 Å². The van der Waals surface area contributed by atoms with E-state index in [1.54, 1.807) is 0 Å². The molecule has 0 spiro atoms. The maximum atomic E-state index is 12.4. The van der Waals surface area contributed by atoms with E-state index >= 15 is 0 Å². The largest absolute Gasteiger partial charge is 0.324 e. The van der Waals surface area contributed by atoms with Crippen LogP contribution in [-0.4, -0.2) is 10.5 Å². The SMILES string of the molecule is Cc1cccc(C)c1NC(=O)c1ccc(-n2cccc2)cc1. The second kappa shape index (κ2) is 5.90. The molecule has 0 unspecified atom stereocenters. The van der Waals surface area contributed by atoms with E-state index in [2.05, 4.69) is 5.32 Å². The van der Waals surface area contributed by atoms with Crippen molar-refractivity contribution in [3.05, 3.63) is 83.7 Å². The highest BCUT2D eigenvalue weighted by molar-refractivity contribution is 6.05. The first-order chi connectivity index (χ1) is 10.6. The number of rotatable bonds is 3. The Morgan fingerprint density at radius 1 is 0.864 bits per heavy atom. The van der Waals surface area contributed by atoms with Crippen LogP contribution in [0.15, 0.2) is 67.0 Å². The van der Waals surface area contributed by atoms with Crippen molar-refractivity contribution in [2.24, 2.45) is 0 Å². The zero-order valence-corrected chi connectivity index (χ0v) is 12.7. The van der Waals surface area contributed by atoms with Gasteiger partial charge in [-0.15, -0.1) is 0 Å². The summed E-state index contributed by atoms with van der Waals surface area (Å²) >= 11 is 0. The lowest BCUT2D eigenvalue weighted by Gasteiger charge is -2.12. The molecule has 0 bridgehead atoms. The number of hydrogen-bond acceptors (Lipinski definition) is 1. The number of anilines is 1. The molecular formula is C19H18N2O. The van der Waals surface area contributed by atoms with Crippen LogP contribution < -0.4 is 5.32 Å². The van der Waals surface area contributed by atoms with Gasteiger partial charge in [0.1, 0.15) is 0 Å². The van der Waals surface area contributed by atoms with Gasteiger partial charge in [0.2, 0.25) is 0 Å². The van der Waals surface area contributed by atoms with E-state index in [0.29, 0.717) is 5.56 Å². The van der Waals surface area contributed by atoms with Gasteiger partial charge >= 0.3 is 0 Å². The zero-order chi connectivity index (χ0) is 15.5. The molecule has 3 heteroatoms. The van der Waals surface area contributed by atoms with Crippen molar-refractivity contribution in [2.45, 2.75) is 13.8 Å². The Hall–Kier alpha value is -2.81. The Bertz CT molecular complexity index is 767. The van der Waals surface area contributed by atoms with Crippen molar-refractivity contribution in [1.82, 2.24) is 4.57 Å². The Morgan fingerprint density at radius 3 is 2.05 bits per heavy atom. The van der Waals surface area contributed by atoms with Crippen LogP contribution in [0.2, 0.25) is 0 Å². The molecule has 1 amide bonds. The molecule has 110 valence electrons. The quantitative estimate of drug-likeness (QED) is 0.764. The standard InChI is InChI=1S/C19H18N2O/c1-14-6-5-7-15(2)18(14)20-19(22)16-8-10-17(11-9-16)21-12-3-4-13-21/h3-13H,1-2H3,(H,20,22). The Balaban J connectivity index is 1.81. The number of aryl methyl sites for hydroxylation is 2. The second-order valence-electron chi connectivity index (χ2n) is 5.36. The van der Waals surface area contributed by atoms with Gasteiger partial charge in [-0.2, -0.15) is 0 Å². The van der Waals surface area contributed by atoms with Gasteiger partial charge in [-0.3, -0.25) is 4.79 Å². The third-order valence-corrected chi connectivity index (χ3v) is 3.75. The van der Waals surface area contributed by atoms with Crippen molar-refractivity contribution >= 4 is 11.6 Å². The van der Waals surface area contributed by atoms with Gasteiger partial charge in [0.05, 0.1) is 0 Å². The molecular weight excluding hydrogens is 272 g/mol. The maximum absolute atomic E-state index is 12.4. The average molecular weight is 290 g/mol. The molecule has 3 nitrogen and oxygen atoms in total. The smallest absolute Gasteiger partial charge is 0.255 e. The summed E-state index contributed by atoms with van der Waals surface area (Å²) in [6.07, 6.45) is 3.96. The number of benzene rings is 2. The molecule has 0 atom stereocenters. The van der Waals surface area contributed by atoms with E-state index in [9.17, 15) is 4.79 Å². The Morgan fingerprint density at radius 2 is 1.45 bits per heavy atom. The normalized spacial score (nSPS) is 10.5.